The zero-order valence-electron chi connectivity index (χ0n) is 23.9. The first-order chi connectivity index (χ1) is 21.7. The number of hydrogen-bond acceptors (Lipinski definition) is 0. The molecule has 0 fully saturated rings. The van der Waals surface area contributed by atoms with Crippen LogP contribution in [0, 0.1) is 0 Å². The van der Waals surface area contributed by atoms with E-state index in [4.69, 9.17) is 0 Å². The van der Waals surface area contributed by atoms with Gasteiger partial charge in [0, 0.05) is 0 Å². The van der Waals surface area contributed by atoms with Crippen LogP contribution in [0.1, 0.15) is 0 Å². The number of rotatable bonds is 6. The van der Waals surface area contributed by atoms with Gasteiger partial charge in [-0.1, -0.05) is 182 Å². The fourth-order valence-electron chi connectivity index (χ4n) is 4.36. The van der Waals surface area contributed by atoms with Gasteiger partial charge in [0.15, 0.2) is 0 Å². The van der Waals surface area contributed by atoms with Gasteiger partial charge in [-0.05, 0) is 47.7 Å². The van der Waals surface area contributed by atoms with Gasteiger partial charge in [0.05, 0.1) is 0 Å². The van der Waals surface area contributed by atoms with E-state index in [-0.39, 0.29) is 20.6 Å². The molecule has 0 spiro atoms. The maximum absolute atomic E-state index is 2.43. The van der Waals surface area contributed by atoms with Crippen LogP contribution in [0.5, 0.6) is 0 Å². The van der Waals surface area contributed by atoms with Gasteiger partial charge in [-0.3, -0.25) is 0 Å². The van der Waals surface area contributed by atoms with Crippen molar-refractivity contribution in [1.82, 2.24) is 0 Å². The summed E-state index contributed by atoms with van der Waals surface area (Å²) in [7, 11) is -0.387. The molecule has 0 aliphatic heterocycles. The second-order valence-electron chi connectivity index (χ2n) is 8.85. The predicted molar refractivity (Wildman–Crippen MR) is 238 cm³/mol. The van der Waals surface area contributed by atoms with Gasteiger partial charge >= 0.3 is 99.3 Å². The molecule has 0 unspecified atom stereocenters. The number of benzene rings is 6. The van der Waals surface area contributed by atoms with E-state index in [1.54, 1.807) is 0 Å². The van der Waals surface area contributed by atoms with Crippen LogP contribution in [0.3, 0.4) is 0 Å². The second kappa shape index (κ2) is 24.5. The van der Waals surface area contributed by atoms with Crippen molar-refractivity contribution >= 4 is 147 Å². The summed E-state index contributed by atoms with van der Waals surface area (Å²) in [6.45, 7) is 0. The minimum atomic E-state index is -0.446. The summed E-state index contributed by atoms with van der Waals surface area (Å²) < 4.78 is 0. The maximum atomic E-state index is 2.43. The molecule has 6 rings (SSSR count). The molecule has 8 heteroatoms. The van der Waals surface area contributed by atoms with E-state index >= 15 is 0 Å². The molecule has 0 aromatic heterocycles. The van der Waals surface area contributed by atoms with Crippen molar-refractivity contribution in [3.8, 4) is 0 Å². The zero-order chi connectivity index (χ0) is 31.2. The molecule has 0 atom stereocenters. The van der Waals surface area contributed by atoms with Crippen LogP contribution in [0.25, 0.3) is 0 Å². The summed E-state index contributed by atoms with van der Waals surface area (Å²) in [6.07, 6.45) is 0. The first-order valence-electron chi connectivity index (χ1n) is 13.7. The van der Waals surface area contributed by atoms with Crippen molar-refractivity contribution in [2.75, 3.05) is 0 Å². The van der Waals surface area contributed by atoms with Gasteiger partial charge in [0.1, 0.15) is 0 Å². The van der Waals surface area contributed by atoms with E-state index in [2.05, 4.69) is 261 Å². The van der Waals surface area contributed by atoms with E-state index in [9.17, 15) is 0 Å². The van der Waals surface area contributed by atoms with Crippen LogP contribution in [-0.2, 0) is 0 Å². The summed E-state index contributed by atoms with van der Waals surface area (Å²) in [5.74, 6) is 0. The molecule has 0 saturated carbocycles. The Labute approximate surface area is 323 Å². The Morgan fingerprint density at radius 2 is 0.364 bits per heavy atom. The molecule has 0 nitrogen and oxygen atoms in total. The molecular weight excluding hydrogens is 1140 g/mol. The monoisotopic (exact) mass is 1170 g/mol. The van der Waals surface area contributed by atoms with Crippen molar-refractivity contribution < 1.29 is 0 Å². The molecule has 0 bridgehead atoms. The van der Waals surface area contributed by atoms with Crippen molar-refractivity contribution in [2.24, 2.45) is 0 Å². The maximum Gasteiger partial charge on any atom is -0.0134 e. The predicted octanol–water partition coefficient (Wildman–Crippen LogP) is 9.67. The standard InChI is InChI=1S/2C18H15P.2Ga.4HI/c2*1-4-10-16(11-5-1)19(17-12-6-2-7-13-17)18-14-8-3-9-15-18;;;;;;/h2*1-15H;;;4*1H/q;;2*+2;;;;/p-4. The quantitative estimate of drug-likeness (QED) is 0.0887. The second-order valence-corrected chi connectivity index (χ2v) is 51.7. The summed E-state index contributed by atoms with van der Waals surface area (Å²) in [6, 6.07) is 64.7. The van der Waals surface area contributed by atoms with Crippen molar-refractivity contribution in [2.45, 2.75) is 0 Å². The van der Waals surface area contributed by atoms with E-state index in [1.807, 2.05) is 0 Å². The largest absolute Gasteiger partial charge is 0.0622 e. The molecular formula is C36H30Ga2I4P2. The van der Waals surface area contributed by atoms with E-state index < -0.39 is 15.8 Å². The van der Waals surface area contributed by atoms with Gasteiger partial charge in [0.2, 0.25) is 0 Å². The first-order valence-corrected chi connectivity index (χ1v) is 45.9. The third kappa shape index (κ3) is 13.8. The van der Waals surface area contributed by atoms with E-state index in [0.717, 1.165) is 0 Å². The Hall–Kier alpha value is 0.373. The third-order valence-electron chi connectivity index (χ3n) is 6.09. The molecule has 0 saturated heterocycles. The van der Waals surface area contributed by atoms with Gasteiger partial charge in [0.25, 0.3) is 0 Å². The average Bonchev–Trinajstić information content (AvgIpc) is 3.09. The first kappa shape index (κ1) is 38.8. The number of halogens is 4. The summed E-state index contributed by atoms with van der Waals surface area (Å²) in [4.78, 5) is 0. The minimum absolute atomic E-state index is 0.252. The Balaban J connectivity index is 0.000000204. The van der Waals surface area contributed by atoms with E-state index in [0.29, 0.717) is 0 Å². The van der Waals surface area contributed by atoms with Crippen molar-refractivity contribution in [3.63, 3.8) is 0 Å². The summed E-state index contributed by atoms with van der Waals surface area (Å²) in [5, 5.41) is 8.39. The Bertz CT molecular complexity index is 1230. The molecule has 218 valence electrons. The topological polar surface area (TPSA) is 0 Å². The fourth-order valence-corrected chi connectivity index (χ4v) is 8.97. The van der Waals surface area contributed by atoms with Crippen molar-refractivity contribution in [3.05, 3.63) is 182 Å². The molecule has 0 aliphatic rings. The van der Waals surface area contributed by atoms with Gasteiger partial charge < -0.3 is 0 Å². The molecule has 0 aliphatic carbocycles. The third-order valence-corrected chi connectivity index (χ3v) is 11.0. The molecule has 44 heavy (non-hydrogen) atoms. The van der Waals surface area contributed by atoms with Crippen LogP contribution in [0.15, 0.2) is 182 Å². The molecule has 0 heterocycles. The Kier molecular flexibility index (Phi) is 21.6. The van der Waals surface area contributed by atoms with Crippen LogP contribution in [0.4, 0.5) is 0 Å². The average molecular weight is 1170 g/mol. The number of hydrogen-bond donors (Lipinski definition) is 0. The molecule has 2 radical (unpaired) electrons. The summed E-state index contributed by atoms with van der Waals surface area (Å²) >= 11 is 9.73. The van der Waals surface area contributed by atoms with Crippen LogP contribution < -0.4 is 31.8 Å². The molecule has 0 amide bonds. The SMILES string of the molecule is [I][Ga][I].[I][Ga][I].c1ccc(P(c2ccccc2)c2ccccc2)cc1.c1ccc(P(c2ccccc2)c2ccccc2)cc1. The molecule has 0 N–H and O–H groups in total. The molecule has 6 aromatic rings. The molecule has 6 aromatic carbocycles. The smallest absolute Gasteiger partial charge is 0.0134 e. The van der Waals surface area contributed by atoms with Crippen LogP contribution in [0.2, 0.25) is 0 Å². The summed E-state index contributed by atoms with van der Waals surface area (Å²) in [5.41, 5.74) is 0. The Morgan fingerprint density at radius 3 is 0.477 bits per heavy atom. The normalized spacial score (nSPS) is 9.77. The van der Waals surface area contributed by atoms with Gasteiger partial charge in [-0.2, -0.15) is 0 Å². The van der Waals surface area contributed by atoms with E-state index in [1.165, 1.54) is 31.8 Å². The van der Waals surface area contributed by atoms with Gasteiger partial charge in [-0.15, -0.1) is 0 Å². The zero-order valence-corrected chi connectivity index (χ0v) is 39.1. The van der Waals surface area contributed by atoms with Crippen LogP contribution >= 0.6 is 94.5 Å². The minimum Gasteiger partial charge on any atom is -0.0622 e. The Morgan fingerprint density at radius 1 is 0.250 bits per heavy atom. The van der Waals surface area contributed by atoms with Crippen molar-refractivity contribution in [1.29, 1.82) is 0 Å². The fraction of sp³-hybridized carbons (Fsp3) is 0. The van der Waals surface area contributed by atoms with Gasteiger partial charge in [-0.25, -0.2) is 0 Å². The van der Waals surface area contributed by atoms with Crippen LogP contribution in [-0.4, -0.2) is 20.6 Å².